The first-order valence-corrected chi connectivity index (χ1v) is 11.7. The molecule has 0 saturated carbocycles. The normalized spacial score (nSPS) is 11.9. The van der Waals surface area contributed by atoms with Crippen LogP contribution in [0.1, 0.15) is 27.2 Å². The minimum atomic E-state index is -3.70. The average Bonchev–Trinajstić information content (AvgIpc) is 2.77. The van der Waals surface area contributed by atoms with Crippen molar-refractivity contribution in [2.45, 2.75) is 24.3 Å². The summed E-state index contributed by atoms with van der Waals surface area (Å²) in [6.45, 7) is -0.265. The molecular weight excluding hydrogens is 457 g/mol. The predicted octanol–water partition coefficient (Wildman–Crippen LogP) is 3.54. The summed E-state index contributed by atoms with van der Waals surface area (Å²) in [5.74, 6) is -4.39. The summed E-state index contributed by atoms with van der Waals surface area (Å²) in [6.07, 6.45) is 1.08. The van der Waals surface area contributed by atoms with E-state index in [9.17, 15) is 31.2 Å². The van der Waals surface area contributed by atoms with Gasteiger partial charge in [-0.1, -0.05) is 24.3 Å². The van der Waals surface area contributed by atoms with E-state index in [4.69, 9.17) is 0 Å². The third-order valence-corrected chi connectivity index (χ3v) is 6.15. The lowest BCUT2D eigenvalue weighted by Crippen LogP contribution is -2.33. The number of alkyl halides is 3. The number of hydrogen-bond donors (Lipinski definition) is 1. The van der Waals surface area contributed by atoms with Gasteiger partial charge in [-0.2, -0.15) is 8.78 Å². The van der Waals surface area contributed by atoms with Crippen LogP contribution < -0.4 is 10.9 Å². The number of halogens is 3. The van der Waals surface area contributed by atoms with Gasteiger partial charge in [0.2, 0.25) is 0 Å². The Balaban J connectivity index is 1.87. The first kappa shape index (κ1) is 24.2. The van der Waals surface area contributed by atoms with Crippen LogP contribution in [-0.4, -0.2) is 31.8 Å². The maximum atomic E-state index is 13.8. The molecule has 0 fully saturated rings. The first-order valence-electron chi connectivity index (χ1n) is 9.78. The molecule has 174 valence electrons. The summed E-state index contributed by atoms with van der Waals surface area (Å²) in [5, 5.41) is 2.59. The molecule has 0 atom stereocenters. The van der Waals surface area contributed by atoms with Gasteiger partial charge < -0.3 is 5.32 Å². The monoisotopic (exact) mass is 478 g/mol. The fourth-order valence-electron chi connectivity index (χ4n) is 3.21. The molecule has 0 aliphatic carbocycles. The topological polar surface area (TPSA) is 85.2 Å². The van der Waals surface area contributed by atoms with Gasteiger partial charge in [0.25, 0.3) is 11.5 Å². The molecule has 0 spiro atoms. The van der Waals surface area contributed by atoms with E-state index < -0.39 is 39.5 Å². The van der Waals surface area contributed by atoms with Crippen molar-refractivity contribution in [2.75, 3.05) is 12.9 Å². The van der Waals surface area contributed by atoms with Gasteiger partial charge in [-0.15, -0.1) is 0 Å². The molecule has 33 heavy (non-hydrogen) atoms. The number of rotatable bonds is 7. The zero-order chi connectivity index (χ0) is 24.4. The largest absolute Gasteiger partial charge is 0.348 e. The molecule has 1 heterocycles. The second-order valence-corrected chi connectivity index (χ2v) is 9.53. The Hall–Kier alpha value is -3.40. The highest BCUT2D eigenvalue weighted by Crippen LogP contribution is 2.29. The number of pyridine rings is 1. The fraction of sp³-hybridized carbons (Fsp3) is 0.217. The highest BCUT2D eigenvalue weighted by molar-refractivity contribution is 7.90. The molecule has 0 unspecified atom stereocenters. The molecule has 3 rings (SSSR count). The molecule has 2 aromatic carbocycles. The van der Waals surface area contributed by atoms with Crippen LogP contribution in [0.2, 0.25) is 0 Å². The Bertz CT molecular complexity index is 1350. The number of carbonyl (C=O) groups is 1. The molecule has 6 nitrogen and oxygen atoms in total. The summed E-state index contributed by atoms with van der Waals surface area (Å²) < 4.78 is 64.5. The molecule has 10 heteroatoms. The van der Waals surface area contributed by atoms with Crippen molar-refractivity contribution in [2.24, 2.45) is 0 Å². The van der Waals surface area contributed by atoms with Crippen LogP contribution in [0, 0.1) is 6.92 Å². The smallest absolute Gasteiger partial charge is 0.301 e. The first-order chi connectivity index (χ1) is 15.4. The summed E-state index contributed by atoms with van der Waals surface area (Å²) >= 11 is 0. The molecule has 3 aromatic rings. The second-order valence-electron chi connectivity index (χ2n) is 7.52. The highest BCUT2D eigenvalue weighted by atomic mass is 32.2. The molecule has 0 aliphatic rings. The predicted molar refractivity (Wildman–Crippen MR) is 117 cm³/mol. The fourth-order valence-corrected chi connectivity index (χ4v) is 3.84. The van der Waals surface area contributed by atoms with Crippen LogP contribution in [0.5, 0.6) is 0 Å². The number of carbonyl (C=O) groups excluding carboxylic acids is 1. The van der Waals surface area contributed by atoms with Gasteiger partial charge in [0, 0.05) is 29.7 Å². The molecule has 1 amide bonds. The molecular formula is C23H21F3N2O4S. The molecule has 0 radical (unpaired) electrons. The van der Waals surface area contributed by atoms with Crippen LogP contribution in [0.15, 0.2) is 70.4 Å². The van der Waals surface area contributed by atoms with Gasteiger partial charge in [0.1, 0.15) is 5.56 Å². The molecule has 0 aliphatic heterocycles. The van der Waals surface area contributed by atoms with Crippen molar-refractivity contribution in [3.63, 3.8) is 0 Å². The van der Waals surface area contributed by atoms with Crippen LogP contribution in [0.4, 0.5) is 13.2 Å². The Kier molecular flexibility index (Phi) is 6.78. The van der Waals surface area contributed by atoms with E-state index in [1.807, 2.05) is 0 Å². The zero-order valence-corrected chi connectivity index (χ0v) is 18.6. The Labute approximate surface area is 188 Å². The highest BCUT2D eigenvalue weighted by Gasteiger charge is 2.32. The average molecular weight is 478 g/mol. The number of sulfone groups is 1. The van der Waals surface area contributed by atoms with Crippen molar-refractivity contribution in [1.82, 2.24) is 9.88 Å². The molecule has 0 bridgehead atoms. The van der Waals surface area contributed by atoms with Gasteiger partial charge in [0.05, 0.1) is 4.90 Å². The lowest BCUT2D eigenvalue weighted by Gasteiger charge is -2.16. The lowest BCUT2D eigenvalue weighted by molar-refractivity contribution is -0.0280. The SMILES string of the molecule is Cc1ccc(C(=O)NCc2ccc(S(C)(=O)=O)cc2)c(=O)n1-c1cccc(C(F)(F)CF)c1. The third-order valence-electron chi connectivity index (χ3n) is 5.02. The quantitative estimate of drug-likeness (QED) is 0.563. The van der Waals surface area contributed by atoms with E-state index >= 15 is 0 Å². The van der Waals surface area contributed by atoms with Crippen molar-refractivity contribution in [3.8, 4) is 5.69 Å². The Morgan fingerprint density at radius 1 is 1.06 bits per heavy atom. The summed E-state index contributed by atoms with van der Waals surface area (Å²) in [5.41, 5.74) is -0.426. The molecule has 0 saturated heterocycles. The Morgan fingerprint density at radius 3 is 2.33 bits per heavy atom. The van der Waals surface area contributed by atoms with Gasteiger partial charge in [-0.25, -0.2) is 12.8 Å². The summed E-state index contributed by atoms with van der Waals surface area (Å²) in [6, 6.07) is 13.5. The van der Waals surface area contributed by atoms with E-state index in [0.29, 0.717) is 11.3 Å². The van der Waals surface area contributed by atoms with E-state index in [1.165, 1.54) is 36.4 Å². The van der Waals surface area contributed by atoms with E-state index in [1.54, 1.807) is 19.1 Å². The standard InChI is InChI=1S/C23H21F3N2O4S/c1-15-6-11-20(21(29)27-13-16-7-9-19(10-8-16)33(2,31)32)22(30)28(15)18-5-3-4-17(12-18)23(25,26)14-24/h3-12H,13-14H2,1-2H3,(H,27,29). The van der Waals surface area contributed by atoms with Crippen molar-refractivity contribution in [1.29, 1.82) is 0 Å². The van der Waals surface area contributed by atoms with Gasteiger partial charge in [-0.3, -0.25) is 14.2 Å². The number of benzene rings is 2. The number of amides is 1. The van der Waals surface area contributed by atoms with Crippen molar-refractivity contribution >= 4 is 15.7 Å². The van der Waals surface area contributed by atoms with Crippen LogP contribution in [-0.2, 0) is 22.3 Å². The van der Waals surface area contributed by atoms with Crippen molar-refractivity contribution < 1.29 is 26.4 Å². The maximum Gasteiger partial charge on any atom is 0.301 e. The lowest BCUT2D eigenvalue weighted by atomic mass is 10.1. The van der Waals surface area contributed by atoms with Crippen LogP contribution >= 0.6 is 0 Å². The van der Waals surface area contributed by atoms with Crippen LogP contribution in [0.25, 0.3) is 5.69 Å². The van der Waals surface area contributed by atoms with E-state index in [2.05, 4.69) is 5.32 Å². The maximum absolute atomic E-state index is 13.8. The van der Waals surface area contributed by atoms with Gasteiger partial charge in [0.15, 0.2) is 16.5 Å². The van der Waals surface area contributed by atoms with E-state index in [-0.39, 0.29) is 22.7 Å². The Morgan fingerprint density at radius 2 is 1.73 bits per heavy atom. The molecule has 1 aromatic heterocycles. The number of nitrogens with zero attached hydrogens (tertiary/aromatic N) is 1. The number of aromatic nitrogens is 1. The summed E-state index contributed by atoms with van der Waals surface area (Å²) in [4.78, 5) is 25.8. The van der Waals surface area contributed by atoms with Crippen LogP contribution in [0.3, 0.4) is 0 Å². The van der Waals surface area contributed by atoms with E-state index in [0.717, 1.165) is 23.0 Å². The second kappa shape index (κ2) is 9.22. The zero-order valence-electron chi connectivity index (χ0n) is 17.8. The van der Waals surface area contributed by atoms with Crippen molar-refractivity contribution in [3.05, 3.63) is 93.4 Å². The van der Waals surface area contributed by atoms with Gasteiger partial charge in [-0.05, 0) is 48.9 Å². The molecule has 1 N–H and O–H groups in total. The minimum absolute atomic E-state index is 0.0361. The van der Waals surface area contributed by atoms with Gasteiger partial charge >= 0.3 is 5.92 Å². The number of aryl methyl sites for hydroxylation is 1. The summed E-state index contributed by atoms with van der Waals surface area (Å²) in [7, 11) is -3.35. The third kappa shape index (κ3) is 5.33. The number of hydrogen-bond acceptors (Lipinski definition) is 4. The minimum Gasteiger partial charge on any atom is -0.348 e. The number of nitrogens with one attached hydrogen (secondary N) is 1.